The molecule has 97 heavy (non-hydrogen) atoms. The predicted molar refractivity (Wildman–Crippen MR) is 339 cm³/mol. The fourth-order valence-corrected chi connectivity index (χ4v) is 12.1. The number of imidazole rings is 1. The van der Waals surface area contributed by atoms with Gasteiger partial charge < -0.3 is 130 Å². The smallest absolute Gasteiger partial charge is 0.441 e. The van der Waals surface area contributed by atoms with Crippen molar-refractivity contribution in [1.29, 1.82) is 0 Å². The summed E-state index contributed by atoms with van der Waals surface area (Å²) in [4.78, 5) is 131. The molecule has 0 unspecified atom stereocenters. The molecular weight excluding hydrogens is 1390 g/mol. The molecular formula is C55H84CuN17O21S3+3. The number of ether oxygens (including phenoxy) is 5. The number of carbonyl (C=O) groups is 8. The summed E-state index contributed by atoms with van der Waals surface area (Å²) in [6.07, 6.45) is -20.0. The number of hydrogen-bond acceptors (Lipinski definition) is 31. The molecule has 6 heterocycles. The SMILES string of the molecule is Cc1c(N)nc([C@H](CC(N)=O)NC[C@H](N)C(N)=O)nc1C(=O)N[C@H](C(=O)N[C@H](C)[C@@H](O)[C@H](C)C(=O)N[C@H](C(=O)NCCc1nc(-c2nc(C(=O)NCCC[S+](C)C)cs2)cs1)[C@@H](C)O)[C@@H](O[C@@H]1O[C@@H](CO)[C@@H](O)[C@H](O)[C@@H]1O[C@H]1O[C@H](CO)[C@@H](O)[C@H](OC(N)=O)[C@@H]1O)c1cnc[nH]1.[Cu+2]. The molecule has 19 atom stereocenters. The average molecular weight is 1480 g/mol. The van der Waals surface area contributed by atoms with E-state index in [-0.39, 0.29) is 82.0 Å². The van der Waals surface area contributed by atoms with Crippen LogP contribution in [0.3, 0.4) is 0 Å². The van der Waals surface area contributed by atoms with Crippen LogP contribution in [0.15, 0.2) is 23.3 Å². The van der Waals surface area contributed by atoms with Crippen molar-refractivity contribution in [3.63, 3.8) is 0 Å². The van der Waals surface area contributed by atoms with Gasteiger partial charge in [-0.2, -0.15) is 0 Å². The number of amides is 8. The first-order chi connectivity index (χ1) is 45.3. The maximum Gasteiger partial charge on any atom is 2.00 e. The van der Waals surface area contributed by atoms with Crippen LogP contribution in [-0.4, -0.2) is 267 Å². The molecule has 1 radical (unpaired) electrons. The van der Waals surface area contributed by atoms with E-state index in [1.165, 1.54) is 50.4 Å². The van der Waals surface area contributed by atoms with E-state index >= 15 is 4.79 Å². The molecule has 38 nitrogen and oxygen atoms in total. The molecule has 25 N–H and O–H groups in total. The number of carbonyl (C=O) groups excluding carboxylic acids is 8. The Morgan fingerprint density at radius 1 is 0.784 bits per heavy atom. The van der Waals surface area contributed by atoms with Crippen molar-refractivity contribution in [2.45, 2.75) is 157 Å². The van der Waals surface area contributed by atoms with Gasteiger partial charge in [0.2, 0.25) is 29.5 Å². The minimum absolute atomic E-state index is 0. The van der Waals surface area contributed by atoms with Gasteiger partial charge in [-0.3, -0.25) is 33.6 Å². The molecule has 2 aliphatic rings. The number of aromatic amines is 1. The first-order valence-corrected chi connectivity index (χ1v) is 33.8. The van der Waals surface area contributed by atoms with E-state index < -0.39 is 183 Å². The molecule has 0 aliphatic carbocycles. The van der Waals surface area contributed by atoms with Gasteiger partial charge in [-0.15, -0.1) is 22.7 Å². The Morgan fingerprint density at radius 3 is 2.08 bits per heavy atom. The number of primary amides is 3. The minimum atomic E-state index is -2.20. The maximum atomic E-state index is 15.2. The Kier molecular flexibility index (Phi) is 31.2. The second kappa shape index (κ2) is 37.4. The van der Waals surface area contributed by atoms with Gasteiger partial charge in [0.25, 0.3) is 11.8 Å². The van der Waals surface area contributed by atoms with Crippen LogP contribution in [0, 0.1) is 12.8 Å². The second-order valence-electron chi connectivity index (χ2n) is 22.8. The number of nitrogens with zero attached hydrogens (tertiary/aromatic N) is 5. The number of H-pyrrole nitrogens is 1. The number of rotatable bonds is 35. The molecule has 0 bridgehead atoms. The van der Waals surface area contributed by atoms with E-state index in [4.69, 9.17) is 52.4 Å². The first kappa shape index (κ1) is 80.9. The topological polar surface area (TPSA) is 627 Å². The molecule has 4 aromatic heterocycles. The van der Waals surface area contributed by atoms with Crippen molar-refractivity contribution in [2.75, 3.05) is 56.8 Å². The molecule has 2 saturated heterocycles. The van der Waals surface area contributed by atoms with Gasteiger partial charge in [0.05, 0.1) is 85.2 Å². The summed E-state index contributed by atoms with van der Waals surface area (Å²) in [6, 6.07) is -7.85. The third-order valence-corrected chi connectivity index (χ3v) is 18.2. The summed E-state index contributed by atoms with van der Waals surface area (Å²) in [7, 11) is 0.254. The molecule has 6 rings (SSSR count). The molecule has 0 aromatic carbocycles. The summed E-state index contributed by atoms with van der Waals surface area (Å²) in [6.45, 7) is 3.18. The van der Waals surface area contributed by atoms with Crippen LogP contribution in [0.5, 0.6) is 0 Å². The van der Waals surface area contributed by atoms with Gasteiger partial charge in [0, 0.05) is 55.2 Å². The molecule has 0 spiro atoms. The number of anilines is 1. The normalized spacial score (nSPS) is 23.8. The number of aliphatic hydroxyl groups is 8. The number of nitrogens with one attached hydrogen (secondary N) is 7. The fourth-order valence-electron chi connectivity index (χ4n) is 9.80. The van der Waals surface area contributed by atoms with Crippen molar-refractivity contribution >= 4 is 86.8 Å². The van der Waals surface area contributed by atoms with E-state index in [0.29, 0.717) is 22.3 Å². The fraction of sp³-hybridized carbons (Fsp3) is 0.618. The maximum absolute atomic E-state index is 15.2. The third-order valence-electron chi connectivity index (χ3n) is 15.3. The quantitative estimate of drug-likeness (QED) is 0.0116. The van der Waals surface area contributed by atoms with E-state index in [9.17, 15) is 74.4 Å². The Bertz CT molecular complexity index is 3290. The Hall–Kier alpha value is -6.78. The summed E-state index contributed by atoms with van der Waals surface area (Å²) >= 11 is 2.52. The molecule has 2 aliphatic heterocycles. The summed E-state index contributed by atoms with van der Waals surface area (Å²) in [5.74, 6) is -7.69. The Morgan fingerprint density at radius 2 is 1.46 bits per heavy atom. The van der Waals surface area contributed by atoms with Gasteiger partial charge in [-0.05, 0) is 31.7 Å². The van der Waals surface area contributed by atoms with Gasteiger partial charge >= 0.3 is 23.2 Å². The molecule has 4 aromatic rings. The van der Waals surface area contributed by atoms with Gasteiger partial charge in [0.15, 0.2) is 18.7 Å². The number of hydrogen-bond donors (Lipinski definition) is 20. The van der Waals surface area contributed by atoms with E-state index in [1.54, 1.807) is 10.8 Å². The number of nitrogens with two attached hydrogens (primary N) is 5. The summed E-state index contributed by atoms with van der Waals surface area (Å²) in [5, 5.41) is 108. The number of nitrogen functional groups attached to an aromatic ring is 1. The average Bonchev–Trinajstić information content (AvgIpc) is 1.16. The number of aromatic nitrogens is 6. The van der Waals surface area contributed by atoms with Crippen molar-refractivity contribution in [2.24, 2.45) is 28.9 Å². The first-order valence-electron chi connectivity index (χ1n) is 29.8. The molecule has 0 saturated carbocycles. The molecule has 8 amide bonds. The van der Waals surface area contributed by atoms with Crippen molar-refractivity contribution < 1.29 is 120 Å². The van der Waals surface area contributed by atoms with E-state index in [0.717, 1.165) is 24.7 Å². The third kappa shape index (κ3) is 21.9. The number of thiazole rings is 2. The molecule has 541 valence electrons. The van der Waals surface area contributed by atoms with Gasteiger partial charge in [0.1, 0.15) is 100 Å². The monoisotopic (exact) mass is 1480 g/mol. The standard InChI is InChI=1S/C55H83N17O21S3.Cu/c1-20-33(69-46(72-44(20)58)25(12-31(57)76)64-13-24(56)45(59)82)50(86)71-35(41(26-14-61-19-65-26)91-54-43(39(80)37(78)29(15-73)90-54)92-53-40(81)42(93-55(60)88)38(79)30(16-74)89-53)51(87)66-22(3)36(77)21(2)47(83)70-34(23(4)75)49(85)63-10-8-32-67-28(18-94-32)52-68-27(17-95-52)48(84)62-9-7-11-96(5)6;/h14,17-19,21-25,29-30,34-43,53-54,64,73-75,77-81H,7-13,15-16,56H2,1-6H3,(H13-,57,58,59,60,61,62,63,65,66,69,70,71,72,76,82,83,84,85,86,87,88);/q;+2/p+1/t21-,22+,23+,24-,25-,29-,30+,34-,35-,36-,37+,38+,39-,40-,41-,42-,43-,53+,54-;/m0./s1. The largest absolute Gasteiger partial charge is 2.00 e. The van der Waals surface area contributed by atoms with Gasteiger partial charge in [-0.1, -0.05) is 6.92 Å². The predicted octanol–water partition coefficient (Wildman–Crippen LogP) is -7.71. The van der Waals surface area contributed by atoms with Crippen molar-refractivity contribution in [3.8, 4) is 10.7 Å². The zero-order chi connectivity index (χ0) is 71.0. The molecule has 42 heteroatoms. The minimum Gasteiger partial charge on any atom is -0.441 e. The van der Waals surface area contributed by atoms with Crippen LogP contribution in [0.1, 0.15) is 88.8 Å². The van der Waals surface area contributed by atoms with Crippen LogP contribution in [0.4, 0.5) is 10.6 Å². The summed E-state index contributed by atoms with van der Waals surface area (Å²) < 4.78 is 28.7. The van der Waals surface area contributed by atoms with Gasteiger partial charge in [-0.25, -0.2) is 29.7 Å². The number of aliphatic hydroxyl groups excluding tert-OH is 8. The second-order valence-corrected chi connectivity index (χ2v) is 27.0. The van der Waals surface area contributed by atoms with Crippen molar-refractivity contribution in [1.82, 2.24) is 61.8 Å². The van der Waals surface area contributed by atoms with Crippen LogP contribution in [0.2, 0.25) is 0 Å². The zero-order valence-corrected chi connectivity index (χ0v) is 56.6. The van der Waals surface area contributed by atoms with E-state index in [2.05, 4.69) is 74.3 Å². The Balaban J connectivity index is 0.0000170. The van der Waals surface area contributed by atoms with Crippen LogP contribution in [-0.2, 0) is 82.0 Å². The summed E-state index contributed by atoms with van der Waals surface area (Å²) in [5.41, 5.74) is 28.1. The van der Waals surface area contributed by atoms with Crippen LogP contribution < -0.4 is 60.6 Å². The van der Waals surface area contributed by atoms with Crippen LogP contribution >= 0.6 is 22.7 Å². The molecule has 2 fully saturated rings. The Labute approximate surface area is 575 Å². The zero-order valence-electron chi connectivity index (χ0n) is 53.2. The van der Waals surface area contributed by atoms with Crippen LogP contribution in [0.25, 0.3) is 10.7 Å². The van der Waals surface area contributed by atoms with Crippen molar-refractivity contribution in [3.05, 3.63) is 56.8 Å². The van der Waals surface area contributed by atoms with E-state index in [1.807, 2.05) is 0 Å².